The molecule has 3 nitrogen and oxygen atoms in total. The molecule has 0 radical (unpaired) electrons. The number of amidine groups is 1. The van der Waals surface area contributed by atoms with E-state index < -0.39 is 0 Å². The first-order chi connectivity index (χ1) is 8.56. The highest BCUT2D eigenvalue weighted by molar-refractivity contribution is 5.94. The predicted molar refractivity (Wildman–Crippen MR) is 73.4 cm³/mol. The van der Waals surface area contributed by atoms with Crippen LogP contribution in [0.15, 0.2) is 42.5 Å². The zero-order chi connectivity index (χ0) is 13.1. The van der Waals surface area contributed by atoms with E-state index in [-0.39, 0.29) is 5.84 Å². The lowest BCUT2D eigenvalue weighted by molar-refractivity contribution is 0.478. The van der Waals surface area contributed by atoms with Gasteiger partial charge in [-0.1, -0.05) is 12.1 Å². The number of aryl methyl sites for hydroxylation is 2. The lowest BCUT2D eigenvalue weighted by atomic mass is 10.1. The molecule has 0 saturated heterocycles. The van der Waals surface area contributed by atoms with E-state index >= 15 is 0 Å². The summed E-state index contributed by atoms with van der Waals surface area (Å²) in [4.78, 5) is 0. The molecule has 0 aliphatic rings. The molecule has 92 valence electrons. The van der Waals surface area contributed by atoms with Crippen LogP contribution in [0.4, 0.5) is 0 Å². The molecule has 0 aliphatic heterocycles. The normalized spacial score (nSPS) is 10.1. The van der Waals surface area contributed by atoms with Crippen LogP contribution in [0.3, 0.4) is 0 Å². The third kappa shape index (κ3) is 2.69. The molecule has 0 amide bonds. The molecule has 18 heavy (non-hydrogen) atoms. The van der Waals surface area contributed by atoms with E-state index in [1.807, 2.05) is 38.1 Å². The van der Waals surface area contributed by atoms with Gasteiger partial charge in [-0.25, -0.2) is 0 Å². The summed E-state index contributed by atoms with van der Waals surface area (Å²) in [6, 6.07) is 13.3. The minimum Gasteiger partial charge on any atom is -0.457 e. The first-order valence-electron chi connectivity index (χ1n) is 5.76. The van der Waals surface area contributed by atoms with Crippen LogP contribution in [-0.4, -0.2) is 5.84 Å². The summed E-state index contributed by atoms with van der Waals surface area (Å²) in [6.45, 7) is 4.05. The highest BCUT2D eigenvalue weighted by Gasteiger charge is 2.02. The first kappa shape index (κ1) is 12.2. The fraction of sp³-hybridized carbons (Fsp3) is 0.133. The topological polar surface area (TPSA) is 59.1 Å². The van der Waals surface area contributed by atoms with Crippen LogP contribution in [0.2, 0.25) is 0 Å². The molecule has 0 aromatic heterocycles. The zero-order valence-electron chi connectivity index (χ0n) is 10.5. The summed E-state index contributed by atoms with van der Waals surface area (Å²) in [5.74, 6) is 1.66. The lowest BCUT2D eigenvalue weighted by Crippen LogP contribution is -2.10. The Hall–Kier alpha value is -2.29. The molecule has 0 heterocycles. The molecule has 2 rings (SSSR count). The molecule has 3 N–H and O–H groups in total. The van der Waals surface area contributed by atoms with Gasteiger partial charge in [-0.3, -0.25) is 5.41 Å². The van der Waals surface area contributed by atoms with Gasteiger partial charge in [-0.05, 0) is 55.3 Å². The number of nitrogens with one attached hydrogen (secondary N) is 1. The largest absolute Gasteiger partial charge is 0.457 e. The van der Waals surface area contributed by atoms with Crippen molar-refractivity contribution in [1.29, 1.82) is 5.41 Å². The van der Waals surface area contributed by atoms with E-state index in [2.05, 4.69) is 6.07 Å². The second-order valence-electron chi connectivity index (χ2n) is 4.31. The van der Waals surface area contributed by atoms with Crippen molar-refractivity contribution in [3.05, 3.63) is 59.2 Å². The molecule has 2 aromatic carbocycles. The number of hydrogen-bond donors (Lipinski definition) is 2. The molecule has 0 aliphatic carbocycles. The van der Waals surface area contributed by atoms with E-state index in [0.717, 1.165) is 22.6 Å². The van der Waals surface area contributed by atoms with Gasteiger partial charge >= 0.3 is 0 Å². The van der Waals surface area contributed by atoms with Gasteiger partial charge in [0, 0.05) is 5.56 Å². The standard InChI is InChI=1S/C15H16N2O/c1-10-3-4-11(2)14(9-10)18-13-7-5-12(6-8-13)15(16)17/h3-9H,1-2H3,(H3,16,17). The minimum absolute atomic E-state index is 0.0632. The molecule has 0 bridgehead atoms. The van der Waals surface area contributed by atoms with Crippen LogP contribution >= 0.6 is 0 Å². The number of ether oxygens (including phenoxy) is 1. The quantitative estimate of drug-likeness (QED) is 0.638. The van der Waals surface area contributed by atoms with Crippen molar-refractivity contribution < 1.29 is 4.74 Å². The highest BCUT2D eigenvalue weighted by Crippen LogP contribution is 2.26. The van der Waals surface area contributed by atoms with Gasteiger partial charge in [0.1, 0.15) is 17.3 Å². The van der Waals surface area contributed by atoms with Crippen LogP contribution in [0.5, 0.6) is 11.5 Å². The van der Waals surface area contributed by atoms with Gasteiger partial charge in [-0.15, -0.1) is 0 Å². The second kappa shape index (κ2) is 4.92. The second-order valence-corrected chi connectivity index (χ2v) is 4.31. The van der Waals surface area contributed by atoms with Crippen molar-refractivity contribution >= 4 is 5.84 Å². The van der Waals surface area contributed by atoms with Crippen molar-refractivity contribution in [2.45, 2.75) is 13.8 Å². The van der Waals surface area contributed by atoms with Gasteiger partial charge in [0.25, 0.3) is 0 Å². The minimum atomic E-state index is 0.0632. The van der Waals surface area contributed by atoms with Gasteiger partial charge in [-0.2, -0.15) is 0 Å². The fourth-order valence-corrected chi connectivity index (χ4v) is 1.65. The maximum absolute atomic E-state index is 7.33. The van der Waals surface area contributed by atoms with Crippen molar-refractivity contribution in [3.8, 4) is 11.5 Å². The number of benzene rings is 2. The van der Waals surface area contributed by atoms with E-state index in [1.165, 1.54) is 0 Å². The van der Waals surface area contributed by atoms with Gasteiger partial charge in [0.15, 0.2) is 0 Å². The maximum Gasteiger partial charge on any atom is 0.130 e. The van der Waals surface area contributed by atoms with E-state index in [4.69, 9.17) is 15.9 Å². The van der Waals surface area contributed by atoms with Crippen LogP contribution in [0, 0.1) is 19.3 Å². The number of nitrogens with two attached hydrogens (primary N) is 1. The summed E-state index contributed by atoms with van der Waals surface area (Å²) in [6.07, 6.45) is 0. The van der Waals surface area contributed by atoms with E-state index in [0.29, 0.717) is 5.56 Å². The summed E-state index contributed by atoms with van der Waals surface area (Å²) in [5, 5.41) is 7.33. The van der Waals surface area contributed by atoms with E-state index in [1.54, 1.807) is 12.1 Å². The van der Waals surface area contributed by atoms with Crippen LogP contribution in [-0.2, 0) is 0 Å². The van der Waals surface area contributed by atoms with Crippen molar-refractivity contribution in [2.75, 3.05) is 0 Å². The predicted octanol–water partition coefficient (Wildman–Crippen LogP) is 3.38. The van der Waals surface area contributed by atoms with Crippen molar-refractivity contribution in [2.24, 2.45) is 5.73 Å². The Labute approximate surface area is 107 Å². The van der Waals surface area contributed by atoms with E-state index in [9.17, 15) is 0 Å². The lowest BCUT2D eigenvalue weighted by Gasteiger charge is -2.10. The molecule has 2 aromatic rings. The van der Waals surface area contributed by atoms with Crippen LogP contribution < -0.4 is 10.5 Å². The molecular weight excluding hydrogens is 224 g/mol. The van der Waals surface area contributed by atoms with Crippen LogP contribution in [0.1, 0.15) is 16.7 Å². The van der Waals surface area contributed by atoms with Gasteiger partial charge < -0.3 is 10.5 Å². The Morgan fingerprint density at radius 2 is 1.72 bits per heavy atom. The third-order valence-corrected chi connectivity index (χ3v) is 2.74. The molecule has 3 heteroatoms. The Morgan fingerprint density at radius 1 is 1.06 bits per heavy atom. The Balaban J connectivity index is 2.23. The Bertz CT molecular complexity index is 574. The maximum atomic E-state index is 7.33. The van der Waals surface area contributed by atoms with Crippen molar-refractivity contribution in [3.63, 3.8) is 0 Å². The molecule has 0 spiro atoms. The number of hydrogen-bond acceptors (Lipinski definition) is 2. The average molecular weight is 240 g/mol. The molecular formula is C15H16N2O. The fourth-order valence-electron chi connectivity index (χ4n) is 1.65. The van der Waals surface area contributed by atoms with Gasteiger partial charge in [0.2, 0.25) is 0 Å². The van der Waals surface area contributed by atoms with Crippen LogP contribution in [0.25, 0.3) is 0 Å². The average Bonchev–Trinajstić information content (AvgIpc) is 2.34. The molecule has 0 fully saturated rings. The smallest absolute Gasteiger partial charge is 0.130 e. The molecule has 0 unspecified atom stereocenters. The summed E-state index contributed by atoms with van der Waals surface area (Å²) in [5.41, 5.74) is 8.36. The molecule has 0 saturated carbocycles. The number of nitrogen functional groups attached to an aromatic ring is 1. The SMILES string of the molecule is Cc1ccc(C)c(Oc2ccc(C(=N)N)cc2)c1. The van der Waals surface area contributed by atoms with Gasteiger partial charge in [0.05, 0.1) is 0 Å². The Kier molecular flexibility index (Phi) is 3.33. The first-order valence-corrected chi connectivity index (χ1v) is 5.76. The summed E-state index contributed by atoms with van der Waals surface area (Å²) < 4.78 is 5.81. The number of rotatable bonds is 3. The highest BCUT2D eigenvalue weighted by atomic mass is 16.5. The monoisotopic (exact) mass is 240 g/mol. The summed E-state index contributed by atoms with van der Waals surface area (Å²) >= 11 is 0. The van der Waals surface area contributed by atoms with Crippen molar-refractivity contribution in [1.82, 2.24) is 0 Å². The Morgan fingerprint density at radius 3 is 2.33 bits per heavy atom. The zero-order valence-corrected chi connectivity index (χ0v) is 10.5. The third-order valence-electron chi connectivity index (χ3n) is 2.74. The summed E-state index contributed by atoms with van der Waals surface area (Å²) in [7, 11) is 0. The molecule has 0 atom stereocenters.